The summed E-state index contributed by atoms with van der Waals surface area (Å²) in [5.41, 5.74) is -0.469. The molecule has 1 aromatic rings. The summed E-state index contributed by atoms with van der Waals surface area (Å²) in [6, 6.07) is 7.89. The molecule has 0 unspecified atom stereocenters. The highest BCUT2D eigenvalue weighted by molar-refractivity contribution is 9.10. The highest BCUT2D eigenvalue weighted by Crippen LogP contribution is 2.21. The molecule has 1 N–H and O–H groups in total. The van der Waals surface area contributed by atoms with Crippen molar-refractivity contribution in [3.63, 3.8) is 0 Å². The summed E-state index contributed by atoms with van der Waals surface area (Å²) in [5, 5.41) is 9.86. The van der Waals surface area contributed by atoms with E-state index in [1.54, 1.807) is 0 Å². The molecule has 100 valence electrons. The lowest BCUT2D eigenvalue weighted by Gasteiger charge is -2.35. The van der Waals surface area contributed by atoms with Crippen molar-refractivity contribution in [2.75, 3.05) is 26.2 Å². The summed E-state index contributed by atoms with van der Waals surface area (Å²) < 4.78 is 6.75. The van der Waals surface area contributed by atoms with Gasteiger partial charge < -0.3 is 9.84 Å². The fourth-order valence-electron chi connectivity index (χ4n) is 2.08. The van der Waals surface area contributed by atoms with Gasteiger partial charge >= 0.3 is 0 Å². The Bertz CT molecular complexity index is 368. The van der Waals surface area contributed by atoms with Crippen LogP contribution in [0.5, 0.6) is 5.75 Å². The zero-order valence-electron chi connectivity index (χ0n) is 10.7. The molecule has 0 spiro atoms. The Morgan fingerprint density at radius 3 is 2.50 bits per heavy atom. The number of nitrogens with zero attached hydrogens (tertiary/aromatic N) is 1. The van der Waals surface area contributed by atoms with Crippen molar-refractivity contribution in [2.24, 2.45) is 0 Å². The van der Waals surface area contributed by atoms with E-state index in [9.17, 15) is 5.11 Å². The summed E-state index contributed by atoms with van der Waals surface area (Å²) >= 11 is 3.40. The third-order valence-corrected chi connectivity index (χ3v) is 3.95. The van der Waals surface area contributed by atoms with Crippen molar-refractivity contribution in [3.05, 3.63) is 28.7 Å². The van der Waals surface area contributed by atoms with E-state index in [1.165, 1.54) is 0 Å². The molecule has 0 atom stereocenters. The number of hydrogen-bond acceptors (Lipinski definition) is 3. The van der Waals surface area contributed by atoms with E-state index in [2.05, 4.69) is 20.8 Å². The fourth-order valence-corrected chi connectivity index (χ4v) is 2.35. The van der Waals surface area contributed by atoms with Gasteiger partial charge in [0.05, 0.1) is 5.60 Å². The average molecular weight is 314 g/mol. The molecule has 0 saturated carbocycles. The van der Waals surface area contributed by atoms with Gasteiger partial charge in [0.1, 0.15) is 12.4 Å². The van der Waals surface area contributed by atoms with Crippen molar-refractivity contribution < 1.29 is 9.84 Å². The quantitative estimate of drug-likeness (QED) is 0.927. The lowest BCUT2D eigenvalue weighted by Crippen LogP contribution is -2.43. The average Bonchev–Trinajstić information content (AvgIpc) is 2.34. The number of piperidine rings is 1. The second kappa shape index (κ2) is 6.04. The Kier molecular flexibility index (Phi) is 4.65. The molecule has 0 aliphatic carbocycles. The Labute approximate surface area is 117 Å². The predicted octanol–water partition coefficient (Wildman–Crippen LogP) is 2.67. The van der Waals surface area contributed by atoms with E-state index >= 15 is 0 Å². The van der Waals surface area contributed by atoms with E-state index in [1.807, 2.05) is 31.2 Å². The molecule has 0 aromatic heterocycles. The Morgan fingerprint density at radius 1 is 1.28 bits per heavy atom. The molecule has 1 saturated heterocycles. The second-order valence-corrected chi connectivity index (χ2v) is 6.06. The van der Waals surface area contributed by atoms with Crippen molar-refractivity contribution in [1.82, 2.24) is 4.90 Å². The number of rotatable bonds is 4. The van der Waals surface area contributed by atoms with Gasteiger partial charge in [-0.25, -0.2) is 0 Å². The third-order valence-electron chi connectivity index (χ3n) is 3.42. The Balaban J connectivity index is 1.68. The van der Waals surface area contributed by atoms with Gasteiger partial charge in [-0.1, -0.05) is 15.9 Å². The first-order valence-corrected chi connectivity index (χ1v) is 7.18. The number of hydrogen-bond donors (Lipinski definition) is 1. The zero-order chi connectivity index (χ0) is 13.0. The summed E-state index contributed by atoms with van der Waals surface area (Å²) in [4.78, 5) is 2.34. The van der Waals surface area contributed by atoms with Gasteiger partial charge in [0, 0.05) is 24.1 Å². The minimum atomic E-state index is -0.469. The maximum atomic E-state index is 9.86. The molecular weight excluding hydrogens is 294 g/mol. The summed E-state index contributed by atoms with van der Waals surface area (Å²) in [5.74, 6) is 0.905. The van der Waals surface area contributed by atoms with Crippen LogP contribution in [0, 0.1) is 0 Å². The van der Waals surface area contributed by atoms with Gasteiger partial charge in [-0.3, -0.25) is 4.90 Å². The number of halogens is 1. The highest BCUT2D eigenvalue weighted by Gasteiger charge is 2.26. The molecule has 0 amide bonds. The van der Waals surface area contributed by atoms with Crippen LogP contribution < -0.4 is 4.74 Å². The van der Waals surface area contributed by atoms with E-state index in [0.29, 0.717) is 6.61 Å². The molecule has 3 nitrogen and oxygen atoms in total. The van der Waals surface area contributed by atoms with Crippen LogP contribution in [0.25, 0.3) is 0 Å². The van der Waals surface area contributed by atoms with Crippen LogP contribution in [-0.4, -0.2) is 41.8 Å². The molecule has 1 aromatic carbocycles. The Hall–Kier alpha value is -0.580. The van der Waals surface area contributed by atoms with Crippen LogP contribution in [-0.2, 0) is 0 Å². The Morgan fingerprint density at radius 2 is 1.89 bits per heavy atom. The number of aliphatic hydroxyl groups is 1. The predicted molar refractivity (Wildman–Crippen MR) is 75.9 cm³/mol. The summed E-state index contributed by atoms with van der Waals surface area (Å²) in [6.45, 7) is 5.45. The van der Waals surface area contributed by atoms with Gasteiger partial charge in [0.25, 0.3) is 0 Å². The van der Waals surface area contributed by atoms with Crippen molar-refractivity contribution in [1.29, 1.82) is 0 Å². The first-order chi connectivity index (χ1) is 8.55. The molecule has 1 fully saturated rings. The molecule has 1 heterocycles. The molecule has 18 heavy (non-hydrogen) atoms. The molecule has 4 heteroatoms. The van der Waals surface area contributed by atoms with Gasteiger partial charge in [-0.15, -0.1) is 0 Å². The summed E-state index contributed by atoms with van der Waals surface area (Å²) in [6.07, 6.45) is 1.70. The van der Waals surface area contributed by atoms with Gasteiger partial charge in [0.2, 0.25) is 0 Å². The highest BCUT2D eigenvalue weighted by atomic mass is 79.9. The van der Waals surface area contributed by atoms with Crippen LogP contribution in [0.4, 0.5) is 0 Å². The second-order valence-electron chi connectivity index (χ2n) is 5.14. The van der Waals surface area contributed by atoms with E-state index in [-0.39, 0.29) is 0 Å². The number of ether oxygens (including phenoxy) is 1. The minimum Gasteiger partial charge on any atom is -0.492 e. The topological polar surface area (TPSA) is 32.7 Å². The lowest BCUT2D eigenvalue weighted by molar-refractivity contribution is -0.00768. The van der Waals surface area contributed by atoms with E-state index in [0.717, 1.165) is 42.7 Å². The summed E-state index contributed by atoms with van der Waals surface area (Å²) in [7, 11) is 0. The lowest BCUT2D eigenvalue weighted by atomic mass is 9.94. The minimum absolute atomic E-state index is 0.469. The normalized spacial score (nSPS) is 19.7. The molecule has 1 aliphatic rings. The van der Waals surface area contributed by atoms with E-state index in [4.69, 9.17) is 4.74 Å². The van der Waals surface area contributed by atoms with Crippen LogP contribution in [0.3, 0.4) is 0 Å². The van der Waals surface area contributed by atoms with Crippen LogP contribution >= 0.6 is 15.9 Å². The molecule has 2 rings (SSSR count). The van der Waals surface area contributed by atoms with Crippen LogP contribution in [0.1, 0.15) is 19.8 Å². The monoisotopic (exact) mass is 313 g/mol. The molecule has 0 bridgehead atoms. The maximum absolute atomic E-state index is 9.86. The number of benzene rings is 1. The van der Waals surface area contributed by atoms with Crippen molar-refractivity contribution >= 4 is 15.9 Å². The maximum Gasteiger partial charge on any atom is 0.119 e. The van der Waals surface area contributed by atoms with Gasteiger partial charge in [-0.05, 0) is 44.0 Å². The van der Waals surface area contributed by atoms with Gasteiger partial charge in [-0.2, -0.15) is 0 Å². The third kappa shape index (κ3) is 4.26. The molecule has 0 radical (unpaired) electrons. The first kappa shape index (κ1) is 13.8. The fraction of sp³-hybridized carbons (Fsp3) is 0.571. The first-order valence-electron chi connectivity index (χ1n) is 6.38. The smallest absolute Gasteiger partial charge is 0.119 e. The molecular formula is C14H20BrNO2. The van der Waals surface area contributed by atoms with Gasteiger partial charge in [0.15, 0.2) is 0 Å². The zero-order valence-corrected chi connectivity index (χ0v) is 12.3. The standard InChI is InChI=1S/C14H20BrNO2/c1-14(17)6-8-16(9-7-14)10-11-18-13-4-2-12(15)3-5-13/h2-5,17H,6-11H2,1H3. The number of likely N-dealkylation sites (tertiary alicyclic amines) is 1. The molecule has 1 aliphatic heterocycles. The van der Waals surface area contributed by atoms with Crippen molar-refractivity contribution in [2.45, 2.75) is 25.4 Å². The largest absolute Gasteiger partial charge is 0.492 e. The van der Waals surface area contributed by atoms with E-state index < -0.39 is 5.60 Å². The van der Waals surface area contributed by atoms with Crippen LogP contribution in [0.2, 0.25) is 0 Å². The van der Waals surface area contributed by atoms with Crippen LogP contribution in [0.15, 0.2) is 28.7 Å². The SMILES string of the molecule is CC1(O)CCN(CCOc2ccc(Br)cc2)CC1. The van der Waals surface area contributed by atoms with Crippen molar-refractivity contribution in [3.8, 4) is 5.75 Å².